The summed E-state index contributed by atoms with van der Waals surface area (Å²) in [5.74, 6) is 0. The first-order chi connectivity index (χ1) is 7.34. The average Bonchev–Trinajstić information content (AvgIpc) is 2.17. The van der Waals surface area contributed by atoms with E-state index in [0.29, 0.717) is 5.56 Å². The highest BCUT2D eigenvalue weighted by Crippen LogP contribution is 2.18. The van der Waals surface area contributed by atoms with Crippen molar-refractivity contribution >= 4 is 10.1 Å². The molecule has 0 radical (unpaired) electrons. The predicted octanol–water partition coefficient (Wildman–Crippen LogP) is 1.47. The van der Waals surface area contributed by atoms with Gasteiger partial charge in [0.15, 0.2) is 0 Å². The summed E-state index contributed by atoms with van der Waals surface area (Å²) in [7, 11) is -3.80. The summed E-state index contributed by atoms with van der Waals surface area (Å²) in [5.41, 5.74) is 0.625. The van der Waals surface area contributed by atoms with Crippen LogP contribution in [0.1, 0.15) is 19.4 Å². The van der Waals surface area contributed by atoms with E-state index in [4.69, 9.17) is 4.18 Å². The van der Waals surface area contributed by atoms with Crippen LogP contribution in [0.2, 0.25) is 0 Å². The van der Waals surface area contributed by atoms with Gasteiger partial charge in [0.1, 0.15) is 6.10 Å². The molecule has 0 aliphatic heterocycles. The maximum atomic E-state index is 11.8. The molecule has 2 unspecified atom stereocenters. The zero-order valence-electron chi connectivity index (χ0n) is 9.54. The molecule has 0 bridgehead atoms. The Labute approximate surface area is 96.0 Å². The smallest absolute Gasteiger partial charge is 0.297 e. The van der Waals surface area contributed by atoms with Crippen LogP contribution in [0.4, 0.5) is 0 Å². The van der Waals surface area contributed by atoms with Gasteiger partial charge in [-0.05, 0) is 32.4 Å². The third kappa shape index (κ3) is 3.04. The summed E-state index contributed by atoms with van der Waals surface area (Å²) in [6, 6.07) is 6.57. The van der Waals surface area contributed by atoms with Gasteiger partial charge in [0, 0.05) is 0 Å². The Hall–Kier alpha value is -0.910. The van der Waals surface area contributed by atoms with Crippen LogP contribution in [0.25, 0.3) is 0 Å². The second-order valence-electron chi connectivity index (χ2n) is 3.76. The first-order valence-corrected chi connectivity index (χ1v) is 6.42. The summed E-state index contributed by atoms with van der Waals surface area (Å²) in [5, 5.41) is 9.21. The fourth-order valence-corrected chi connectivity index (χ4v) is 2.54. The van der Waals surface area contributed by atoms with Gasteiger partial charge < -0.3 is 5.11 Å². The molecule has 1 rings (SSSR count). The van der Waals surface area contributed by atoms with Crippen molar-refractivity contribution in [3.05, 3.63) is 29.8 Å². The first-order valence-electron chi connectivity index (χ1n) is 5.01. The molecule has 0 fully saturated rings. The lowest BCUT2D eigenvalue weighted by atomic mass is 10.2. The fourth-order valence-electron chi connectivity index (χ4n) is 1.17. The van der Waals surface area contributed by atoms with E-state index in [1.165, 1.54) is 19.9 Å². The van der Waals surface area contributed by atoms with Crippen molar-refractivity contribution in [2.24, 2.45) is 0 Å². The van der Waals surface area contributed by atoms with Crippen LogP contribution in [0, 0.1) is 6.92 Å². The van der Waals surface area contributed by atoms with Crippen molar-refractivity contribution in [2.45, 2.75) is 37.9 Å². The number of aliphatic hydroxyl groups is 1. The van der Waals surface area contributed by atoms with E-state index in [2.05, 4.69) is 0 Å². The molecule has 0 aliphatic carbocycles. The summed E-state index contributed by atoms with van der Waals surface area (Å²) in [6.07, 6.45) is -1.59. The summed E-state index contributed by atoms with van der Waals surface area (Å²) in [6.45, 7) is 4.70. The summed E-state index contributed by atoms with van der Waals surface area (Å²) in [4.78, 5) is 0.141. The lowest BCUT2D eigenvalue weighted by Crippen LogP contribution is -2.26. The molecule has 90 valence electrons. The Morgan fingerprint density at radius 3 is 2.31 bits per heavy atom. The topological polar surface area (TPSA) is 63.6 Å². The van der Waals surface area contributed by atoms with Crippen LogP contribution in [-0.4, -0.2) is 25.7 Å². The number of rotatable bonds is 4. The van der Waals surface area contributed by atoms with Gasteiger partial charge >= 0.3 is 0 Å². The quantitative estimate of drug-likeness (QED) is 0.815. The Morgan fingerprint density at radius 1 is 1.25 bits per heavy atom. The highest BCUT2D eigenvalue weighted by molar-refractivity contribution is 7.86. The Morgan fingerprint density at radius 2 is 1.81 bits per heavy atom. The molecular weight excluding hydrogens is 228 g/mol. The average molecular weight is 244 g/mol. The summed E-state index contributed by atoms with van der Waals surface area (Å²) >= 11 is 0. The zero-order chi connectivity index (χ0) is 12.3. The largest absolute Gasteiger partial charge is 0.391 e. The molecule has 5 heteroatoms. The Bertz CT molecular complexity index is 451. The van der Waals surface area contributed by atoms with Crippen molar-refractivity contribution in [1.82, 2.24) is 0 Å². The van der Waals surface area contributed by atoms with E-state index in [-0.39, 0.29) is 4.90 Å². The molecule has 1 aromatic rings. The van der Waals surface area contributed by atoms with Gasteiger partial charge in [-0.25, -0.2) is 0 Å². The molecule has 16 heavy (non-hydrogen) atoms. The zero-order valence-corrected chi connectivity index (χ0v) is 10.4. The highest BCUT2D eigenvalue weighted by atomic mass is 32.2. The standard InChI is InChI=1S/C11H16O4S/c1-8-6-4-5-7-11(8)16(13,14)15-10(3)9(2)12/h4-7,9-10,12H,1-3H3. The highest BCUT2D eigenvalue weighted by Gasteiger charge is 2.22. The van der Waals surface area contributed by atoms with Gasteiger partial charge in [-0.2, -0.15) is 8.42 Å². The van der Waals surface area contributed by atoms with Crippen LogP contribution in [0.3, 0.4) is 0 Å². The lowest BCUT2D eigenvalue weighted by Gasteiger charge is -2.16. The Kier molecular flexibility index (Phi) is 4.07. The van der Waals surface area contributed by atoms with Crippen molar-refractivity contribution < 1.29 is 17.7 Å². The summed E-state index contributed by atoms with van der Waals surface area (Å²) < 4.78 is 28.6. The van der Waals surface area contributed by atoms with E-state index < -0.39 is 22.3 Å². The molecular formula is C11H16O4S. The van der Waals surface area contributed by atoms with Gasteiger partial charge in [0.05, 0.1) is 11.0 Å². The number of hydrogen-bond donors (Lipinski definition) is 1. The second kappa shape index (κ2) is 4.95. The normalized spacial score (nSPS) is 15.8. The van der Waals surface area contributed by atoms with Gasteiger partial charge in [0.2, 0.25) is 0 Å². The van der Waals surface area contributed by atoms with Crippen molar-refractivity contribution in [1.29, 1.82) is 0 Å². The molecule has 0 saturated carbocycles. The van der Waals surface area contributed by atoms with Crippen LogP contribution in [0.15, 0.2) is 29.2 Å². The molecule has 1 N–H and O–H groups in total. The second-order valence-corrected chi connectivity index (χ2v) is 5.30. The third-order valence-corrected chi connectivity index (χ3v) is 3.87. The van der Waals surface area contributed by atoms with Gasteiger partial charge in [-0.1, -0.05) is 18.2 Å². The minimum Gasteiger partial charge on any atom is -0.391 e. The van der Waals surface area contributed by atoms with E-state index in [1.54, 1.807) is 25.1 Å². The van der Waals surface area contributed by atoms with Crippen LogP contribution >= 0.6 is 0 Å². The van der Waals surface area contributed by atoms with Gasteiger partial charge in [-0.3, -0.25) is 4.18 Å². The minimum atomic E-state index is -3.80. The molecule has 0 aromatic heterocycles. The van der Waals surface area contributed by atoms with Crippen LogP contribution < -0.4 is 0 Å². The SMILES string of the molecule is Cc1ccccc1S(=O)(=O)OC(C)C(C)O. The van der Waals surface area contributed by atoms with Crippen LogP contribution in [-0.2, 0) is 14.3 Å². The molecule has 0 amide bonds. The molecule has 2 atom stereocenters. The predicted molar refractivity (Wildman–Crippen MR) is 60.6 cm³/mol. The van der Waals surface area contributed by atoms with E-state index in [1.807, 2.05) is 0 Å². The number of benzene rings is 1. The monoisotopic (exact) mass is 244 g/mol. The molecule has 4 nitrogen and oxygen atoms in total. The number of hydrogen-bond acceptors (Lipinski definition) is 4. The number of aliphatic hydroxyl groups excluding tert-OH is 1. The molecule has 0 saturated heterocycles. The van der Waals surface area contributed by atoms with E-state index in [9.17, 15) is 13.5 Å². The first kappa shape index (κ1) is 13.2. The number of aryl methyl sites for hydroxylation is 1. The molecule has 1 aromatic carbocycles. The van der Waals surface area contributed by atoms with E-state index >= 15 is 0 Å². The fraction of sp³-hybridized carbons (Fsp3) is 0.455. The van der Waals surface area contributed by atoms with Gasteiger partial charge in [0.25, 0.3) is 10.1 Å². The van der Waals surface area contributed by atoms with Crippen molar-refractivity contribution in [3.63, 3.8) is 0 Å². The maximum absolute atomic E-state index is 11.8. The maximum Gasteiger partial charge on any atom is 0.297 e. The molecule has 0 heterocycles. The van der Waals surface area contributed by atoms with Crippen LogP contribution in [0.5, 0.6) is 0 Å². The Balaban J connectivity index is 3.00. The van der Waals surface area contributed by atoms with Gasteiger partial charge in [-0.15, -0.1) is 0 Å². The third-order valence-electron chi connectivity index (χ3n) is 2.32. The van der Waals surface area contributed by atoms with Crippen molar-refractivity contribution in [3.8, 4) is 0 Å². The molecule has 0 aliphatic rings. The minimum absolute atomic E-state index is 0.141. The molecule has 0 spiro atoms. The van der Waals surface area contributed by atoms with E-state index in [0.717, 1.165) is 0 Å². The van der Waals surface area contributed by atoms with Crippen molar-refractivity contribution in [2.75, 3.05) is 0 Å². The lowest BCUT2D eigenvalue weighted by molar-refractivity contribution is 0.0646.